The summed E-state index contributed by atoms with van der Waals surface area (Å²) < 4.78 is 5.53. The van der Waals surface area contributed by atoms with Crippen molar-refractivity contribution in [2.45, 2.75) is 41.5 Å². The van der Waals surface area contributed by atoms with Gasteiger partial charge in [-0.3, -0.25) is 0 Å². The molecule has 0 bridgehead atoms. The third-order valence-electron chi connectivity index (χ3n) is 4.37. The van der Waals surface area contributed by atoms with E-state index in [0.29, 0.717) is 28.4 Å². The van der Waals surface area contributed by atoms with Crippen molar-refractivity contribution in [3.8, 4) is 5.75 Å². The first-order valence-corrected chi connectivity index (χ1v) is 11.1. The van der Waals surface area contributed by atoms with Crippen LogP contribution in [0.3, 0.4) is 0 Å². The molecule has 0 aliphatic rings. The molecule has 1 aromatic rings. The predicted molar refractivity (Wildman–Crippen MR) is 133 cm³/mol. The van der Waals surface area contributed by atoms with Crippen LogP contribution < -0.4 is 4.74 Å². The summed E-state index contributed by atoms with van der Waals surface area (Å²) in [6, 6.07) is 7.62. The minimum absolute atomic E-state index is 0. The molecule has 0 fully saturated rings. The second kappa shape index (κ2) is 16.0. The van der Waals surface area contributed by atoms with E-state index in [1.165, 1.54) is 0 Å². The molecule has 0 aliphatic carbocycles. The Morgan fingerprint density at radius 1 is 0.774 bits per heavy atom. The van der Waals surface area contributed by atoms with Crippen molar-refractivity contribution in [3.05, 3.63) is 29.8 Å². The molecule has 1 rings (SSSR count). The minimum atomic E-state index is 0. The minimum Gasteiger partial charge on any atom is -0.741 e. The molecule has 0 aromatic heterocycles. The molecule has 1 aromatic carbocycles. The molecule has 0 heterocycles. The van der Waals surface area contributed by atoms with Crippen molar-refractivity contribution in [1.29, 1.82) is 0 Å². The van der Waals surface area contributed by atoms with Gasteiger partial charge in [0.1, 0.15) is 11.5 Å². The molecule has 175 valence electrons. The summed E-state index contributed by atoms with van der Waals surface area (Å²) in [6.07, 6.45) is 0. The zero-order chi connectivity index (χ0) is 22.5. The van der Waals surface area contributed by atoms with Crippen LogP contribution in [-0.2, 0) is 42.3 Å². The number of ether oxygens (including phenoxy) is 1. The predicted octanol–water partition coefficient (Wildman–Crippen LogP) is 3.65. The molecule has 0 atom stereocenters. The summed E-state index contributed by atoms with van der Waals surface area (Å²) in [6.45, 7) is 15.6. The zero-order valence-electron chi connectivity index (χ0n) is 19.1. The average Bonchev–Trinajstić information content (AvgIpc) is 2.75. The number of hydrogen-bond acceptors (Lipinski definition) is 7. The van der Waals surface area contributed by atoms with Gasteiger partial charge in [0.05, 0.1) is 12.3 Å². The maximum Gasteiger partial charge on any atom is 2.00 e. The standard InChI is InChI=1S/C21H34N6OS2.Cu/c1-7-26(8-2)20(29)24-22-16(6)19(23-25-21(30)27(9-3)10-4)17-12-14-18(15-13-17)28-11-5;/h12-15H,7-11H2,1-6H3,(H,24,29)(H,25,30);/q;+2/p-2/b22-16+,23-19-;. The van der Waals surface area contributed by atoms with E-state index in [2.05, 4.69) is 20.4 Å². The van der Waals surface area contributed by atoms with Crippen molar-refractivity contribution < 1.29 is 21.8 Å². The number of rotatable bonds is 10. The monoisotopic (exact) mass is 511 g/mol. The normalized spacial score (nSPS) is 13.0. The summed E-state index contributed by atoms with van der Waals surface area (Å²) in [4.78, 5) is 3.92. The van der Waals surface area contributed by atoms with Gasteiger partial charge in [0.15, 0.2) is 0 Å². The SMILES string of the molecule is CCOc1ccc(C(=N\N=C(/[S-])N(CC)CC)/C(C)=N/N=C(\[S-])N(CC)CC)cc1.[Cu+2]. The molecule has 31 heavy (non-hydrogen) atoms. The van der Waals surface area contributed by atoms with Crippen LogP contribution in [0, 0.1) is 0 Å². The fraction of sp³-hybridized carbons (Fsp3) is 0.524. The summed E-state index contributed by atoms with van der Waals surface area (Å²) in [5, 5.41) is 18.1. The van der Waals surface area contributed by atoms with Gasteiger partial charge in [0, 0.05) is 42.1 Å². The van der Waals surface area contributed by atoms with Crippen LogP contribution in [0.1, 0.15) is 47.1 Å². The molecule has 0 N–H and O–H groups in total. The second-order valence-electron chi connectivity index (χ2n) is 6.20. The van der Waals surface area contributed by atoms with Crippen LogP contribution in [0.2, 0.25) is 0 Å². The van der Waals surface area contributed by atoms with Gasteiger partial charge in [-0.1, -0.05) is 0 Å². The zero-order valence-corrected chi connectivity index (χ0v) is 21.6. The van der Waals surface area contributed by atoms with E-state index in [-0.39, 0.29) is 17.1 Å². The Kier molecular flexibility index (Phi) is 15.1. The van der Waals surface area contributed by atoms with E-state index in [4.69, 9.17) is 30.0 Å². The van der Waals surface area contributed by atoms with Crippen LogP contribution >= 0.6 is 0 Å². The Morgan fingerprint density at radius 3 is 1.65 bits per heavy atom. The van der Waals surface area contributed by atoms with E-state index < -0.39 is 0 Å². The Bertz CT molecular complexity index is 773. The summed E-state index contributed by atoms with van der Waals surface area (Å²) in [7, 11) is 0. The Balaban J connectivity index is 0.00000900. The van der Waals surface area contributed by atoms with Crippen molar-refractivity contribution >= 4 is 47.0 Å². The van der Waals surface area contributed by atoms with Crippen LogP contribution in [-0.4, -0.2) is 64.3 Å². The number of amidine groups is 2. The van der Waals surface area contributed by atoms with Crippen LogP contribution in [0.5, 0.6) is 5.75 Å². The summed E-state index contributed by atoms with van der Waals surface area (Å²) in [5.41, 5.74) is 2.02. The average molecular weight is 512 g/mol. The maximum atomic E-state index is 5.53. The van der Waals surface area contributed by atoms with Gasteiger partial charge in [0.2, 0.25) is 0 Å². The van der Waals surface area contributed by atoms with Crippen LogP contribution in [0.4, 0.5) is 0 Å². The van der Waals surface area contributed by atoms with Gasteiger partial charge in [-0.15, -0.1) is 5.10 Å². The summed E-state index contributed by atoms with van der Waals surface area (Å²) in [5.74, 6) is 0.790. The maximum absolute atomic E-state index is 5.53. The van der Waals surface area contributed by atoms with E-state index in [1.54, 1.807) is 0 Å². The first kappa shape index (κ1) is 29.3. The fourth-order valence-corrected chi connectivity index (χ4v) is 3.19. The number of hydrogen-bond donors (Lipinski definition) is 0. The molecule has 0 saturated heterocycles. The van der Waals surface area contributed by atoms with Gasteiger partial charge in [-0.25, -0.2) is 0 Å². The van der Waals surface area contributed by atoms with Crippen molar-refractivity contribution in [3.63, 3.8) is 0 Å². The van der Waals surface area contributed by atoms with E-state index in [1.807, 2.05) is 75.6 Å². The Morgan fingerprint density at radius 2 is 1.23 bits per heavy atom. The Labute approximate surface area is 208 Å². The largest absolute Gasteiger partial charge is 2.00 e. The van der Waals surface area contributed by atoms with Crippen molar-refractivity contribution in [2.24, 2.45) is 20.4 Å². The fourth-order valence-electron chi connectivity index (χ4n) is 2.59. The van der Waals surface area contributed by atoms with Crippen LogP contribution in [0.25, 0.3) is 0 Å². The van der Waals surface area contributed by atoms with E-state index in [0.717, 1.165) is 37.5 Å². The topological polar surface area (TPSA) is 65.2 Å². The smallest absolute Gasteiger partial charge is 0.741 e. The van der Waals surface area contributed by atoms with Gasteiger partial charge >= 0.3 is 17.1 Å². The quantitative estimate of drug-likeness (QED) is 0.158. The van der Waals surface area contributed by atoms with E-state index >= 15 is 0 Å². The van der Waals surface area contributed by atoms with Gasteiger partial charge in [0.25, 0.3) is 0 Å². The molecule has 0 spiro atoms. The third-order valence-corrected chi connectivity index (χ3v) is 5.05. The first-order valence-electron chi connectivity index (χ1n) is 10.3. The molecule has 10 heteroatoms. The van der Waals surface area contributed by atoms with E-state index in [9.17, 15) is 0 Å². The van der Waals surface area contributed by atoms with Gasteiger partial charge < -0.3 is 39.8 Å². The molecular formula is C21H32CuN6OS2. The molecule has 0 saturated carbocycles. The molecule has 0 amide bonds. The third kappa shape index (κ3) is 9.51. The summed E-state index contributed by atoms with van der Waals surface area (Å²) >= 11 is 10.8. The van der Waals surface area contributed by atoms with Crippen LogP contribution in [0.15, 0.2) is 44.7 Å². The molecule has 0 aliphatic heterocycles. The van der Waals surface area contributed by atoms with Gasteiger partial charge in [-0.05, 0) is 65.8 Å². The molecular weight excluding hydrogens is 480 g/mol. The van der Waals surface area contributed by atoms with Crippen molar-refractivity contribution in [1.82, 2.24) is 9.80 Å². The molecule has 1 radical (unpaired) electrons. The molecule has 0 unspecified atom stereocenters. The molecule has 7 nitrogen and oxygen atoms in total. The Hall–Kier alpha value is -1.74. The van der Waals surface area contributed by atoms with Gasteiger partial charge in [-0.2, -0.15) is 15.3 Å². The first-order chi connectivity index (χ1) is 14.4. The number of nitrogens with zero attached hydrogens (tertiary/aromatic N) is 6. The number of benzene rings is 1. The second-order valence-corrected chi connectivity index (χ2v) is 6.93. The van der Waals surface area contributed by atoms with Crippen molar-refractivity contribution in [2.75, 3.05) is 32.8 Å².